The summed E-state index contributed by atoms with van der Waals surface area (Å²) in [6, 6.07) is 15.2. The van der Waals surface area contributed by atoms with Gasteiger partial charge in [-0.25, -0.2) is 4.39 Å². The van der Waals surface area contributed by atoms with Crippen LogP contribution in [0.1, 0.15) is 27.3 Å². The van der Waals surface area contributed by atoms with E-state index in [2.05, 4.69) is 0 Å². The monoisotopic (exact) mass is 366 g/mol. The van der Waals surface area contributed by atoms with Crippen molar-refractivity contribution >= 4 is 22.8 Å². The number of halogens is 1. The lowest BCUT2D eigenvalue weighted by atomic mass is 10.2. The first-order valence-corrected chi connectivity index (χ1v) is 8.95. The first-order chi connectivity index (χ1) is 13.1. The van der Waals surface area contributed by atoms with Gasteiger partial charge >= 0.3 is 0 Å². The molecule has 1 aromatic heterocycles. The van der Waals surface area contributed by atoms with Gasteiger partial charge in [-0.3, -0.25) is 9.59 Å². The summed E-state index contributed by atoms with van der Waals surface area (Å²) in [4.78, 5) is 28.7. The van der Waals surface area contributed by atoms with E-state index in [4.69, 9.17) is 4.42 Å². The fourth-order valence-electron chi connectivity index (χ4n) is 3.37. The number of benzene rings is 2. The number of amides is 2. The van der Waals surface area contributed by atoms with Crippen LogP contribution in [0.3, 0.4) is 0 Å². The molecule has 0 bridgehead atoms. The van der Waals surface area contributed by atoms with Gasteiger partial charge in [-0.1, -0.05) is 30.3 Å². The second-order valence-corrected chi connectivity index (χ2v) is 6.57. The minimum atomic E-state index is -0.526. The quantitative estimate of drug-likeness (QED) is 0.697. The topological polar surface area (TPSA) is 53.8 Å². The van der Waals surface area contributed by atoms with E-state index in [1.807, 2.05) is 24.3 Å². The second kappa shape index (κ2) is 7.23. The van der Waals surface area contributed by atoms with Crippen LogP contribution >= 0.6 is 0 Å². The van der Waals surface area contributed by atoms with Crippen molar-refractivity contribution in [3.05, 3.63) is 71.7 Å². The summed E-state index contributed by atoms with van der Waals surface area (Å²) in [6.45, 7) is 1.75. The largest absolute Gasteiger partial charge is 0.451 e. The first kappa shape index (κ1) is 17.3. The third kappa shape index (κ3) is 3.43. The molecule has 4 rings (SSSR count). The van der Waals surface area contributed by atoms with Crippen LogP contribution in [0, 0.1) is 5.82 Å². The molecule has 138 valence electrons. The fourth-order valence-corrected chi connectivity index (χ4v) is 3.37. The maximum atomic E-state index is 13.9. The molecular weight excluding hydrogens is 347 g/mol. The van der Waals surface area contributed by atoms with E-state index >= 15 is 0 Å². The van der Waals surface area contributed by atoms with Crippen LogP contribution in [-0.2, 0) is 0 Å². The van der Waals surface area contributed by atoms with Crippen LogP contribution in [0.2, 0.25) is 0 Å². The zero-order chi connectivity index (χ0) is 18.8. The molecule has 0 spiro atoms. The standard InChI is InChI=1S/C21H19FN2O3/c22-17-8-3-2-7-16(17)20(25)23-10-5-11-24(13-12-23)21(26)19-14-15-6-1-4-9-18(15)27-19/h1-4,6-9,14H,5,10-13H2. The summed E-state index contributed by atoms with van der Waals surface area (Å²) in [5.74, 6) is -0.760. The highest BCUT2D eigenvalue weighted by molar-refractivity contribution is 5.96. The Morgan fingerprint density at radius 2 is 1.52 bits per heavy atom. The molecule has 2 heterocycles. The highest BCUT2D eigenvalue weighted by atomic mass is 19.1. The Morgan fingerprint density at radius 3 is 2.26 bits per heavy atom. The van der Waals surface area contributed by atoms with Crippen LogP contribution in [0.15, 0.2) is 59.0 Å². The maximum absolute atomic E-state index is 13.9. The molecule has 1 aliphatic heterocycles. The average Bonchev–Trinajstić information content (AvgIpc) is 2.97. The van der Waals surface area contributed by atoms with Gasteiger partial charge in [0.2, 0.25) is 0 Å². The molecule has 1 saturated heterocycles. The van der Waals surface area contributed by atoms with Crippen LogP contribution < -0.4 is 0 Å². The summed E-state index contributed by atoms with van der Waals surface area (Å²) in [7, 11) is 0. The number of nitrogens with zero attached hydrogens (tertiary/aromatic N) is 2. The molecular formula is C21H19FN2O3. The average molecular weight is 366 g/mol. The third-order valence-electron chi connectivity index (χ3n) is 4.81. The Balaban J connectivity index is 1.47. The smallest absolute Gasteiger partial charge is 0.289 e. The molecule has 0 atom stereocenters. The van der Waals surface area contributed by atoms with Crippen LogP contribution in [0.25, 0.3) is 11.0 Å². The predicted molar refractivity (Wildman–Crippen MR) is 99.0 cm³/mol. The number of furan rings is 1. The Hall–Kier alpha value is -3.15. The summed E-state index contributed by atoms with van der Waals surface area (Å²) in [6.07, 6.45) is 0.631. The zero-order valence-electron chi connectivity index (χ0n) is 14.7. The summed E-state index contributed by atoms with van der Waals surface area (Å²) >= 11 is 0. The van der Waals surface area contributed by atoms with Crippen molar-refractivity contribution in [3.8, 4) is 0 Å². The predicted octanol–water partition coefficient (Wildman–Crippen LogP) is 3.56. The van der Waals surface area contributed by atoms with E-state index in [1.54, 1.807) is 28.0 Å². The number of hydrogen-bond acceptors (Lipinski definition) is 3. The normalized spacial score (nSPS) is 15.0. The second-order valence-electron chi connectivity index (χ2n) is 6.57. The number of fused-ring (bicyclic) bond motifs is 1. The zero-order valence-corrected chi connectivity index (χ0v) is 14.7. The van der Waals surface area contributed by atoms with E-state index < -0.39 is 5.82 Å². The SMILES string of the molecule is O=C(c1cc2ccccc2o1)N1CCCN(C(=O)c2ccccc2F)CC1. The lowest BCUT2D eigenvalue weighted by molar-refractivity contribution is 0.0700. The summed E-state index contributed by atoms with van der Waals surface area (Å²) < 4.78 is 19.6. The van der Waals surface area contributed by atoms with Gasteiger partial charge in [0.1, 0.15) is 11.4 Å². The molecule has 0 N–H and O–H groups in total. The lowest BCUT2D eigenvalue weighted by Crippen LogP contribution is -2.37. The molecule has 6 heteroatoms. The molecule has 27 heavy (non-hydrogen) atoms. The molecule has 0 radical (unpaired) electrons. The number of para-hydroxylation sites is 1. The van der Waals surface area contributed by atoms with Crippen molar-refractivity contribution in [1.82, 2.24) is 9.80 Å². The van der Waals surface area contributed by atoms with E-state index in [-0.39, 0.29) is 17.4 Å². The molecule has 5 nitrogen and oxygen atoms in total. The van der Waals surface area contributed by atoms with Crippen LogP contribution in [-0.4, -0.2) is 47.8 Å². The Bertz CT molecular complexity index is 965. The van der Waals surface area contributed by atoms with Gasteiger partial charge < -0.3 is 14.2 Å². The summed E-state index contributed by atoms with van der Waals surface area (Å²) in [5, 5.41) is 0.882. The Labute approximate surface area is 156 Å². The van der Waals surface area contributed by atoms with Crippen molar-refractivity contribution < 1.29 is 18.4 Å². The maximum Gasteiger partial charge on any atom is 0.289 e. The van der Waals surface area contributed by atoms with Crippen molar-refractivity contribution in [2.24, 2.45) is 0 Å². The number of hydrogen-bond donors (Lipinski definition) is 0. The molecule has 3 aromatic rings. The van der Waals surface area contributed by atoms with Gasteiger partial charge in [-0.05, 0) is 30.7 Å². The van der Waals surface area contributed by atoms with Crippen LogP contribution in [0.5, 0.6) is 0 Å². The van der Waals surface area contributed by atoms with E-state index in [0.29, 0.717) is 43.9 Å². The van der Waals surface area contributed by atoms with Gasteiger partial charge in [0.25, 0.3) is 11.8 Å². The van der Waals surface area contributed by atoms with E-state index in [1.165, 1.54) is 12.1 Å². The van der Waals surface area contributed by atoms with Crippen molar-refractivity contribution in [2.45, 2.75) is 6.42 Å². The van der Waals surface area contributed by atoms with E-state index in [9.17, 15) is 14.0 Å². The minimum Gasteiger partial charge on any atom is -0.451 e. The van der Waals surface area contributed by atoms with Gasteiger partial charge in [0.15, 0.2) is 5.76 Å². The molecule has 0 unspecified atom stereocenters. The highest BCUT2D eigenvalue weighted by Gasteiger charge is 2.26. The highest BCUT2D eigenvalue weighted by Crippen LogP contribution is 2.21. The number of carbonyl (C=O) groups excluding carboxylic acids is 2. The van der Waals surface area contributed by atoms with Crippen molar-refractivity contribution in [2.75, 3.05) is 26.2 Å². The van der Waals surface area contributed by atoms with Crippen LogP contribution in [0.4, 0.5) is 4.39 Å². The number of rotatable bonds is 2. The number of carbonyl (C=O) groups is 2. The van der Waals surface area contributed by atoms with Gasteiger partial charge in [-0.15, -0.1) is 0 Å². The van der Waals surface area contributed by atoms with Gasteiger partial charge in [0, 0.05) is 31.6 Å². The van der Waals surface area contributed by atoms with Crippen molar-refractivity contribution in [3.63, 3.8) is 0 Å². The Morgan fingerprint density at radius 1 is 0.852 bits per heavy atom. The van der Waals surface area contributed by atoms with E-state index in [0.717, 1.165) is 5.39 Å². The van der Waals surface area contributed by atoms with Gasteiger partial charge in [0.05, 0.1) is 5.56 Å². The third-order valence-corrected chi connectivity index (χ3v) is 4.81. The fraction of sp³-hybridized carbons (Fsp3) is 0.238. The minimum absolute atomic E-state index is 0.0644. The molecule has 1 fully saturated rings. The molecule has 1 aliphatic rings. The molecule has 0 saturated carbocycles. The first-order valence-electron chi connectivity index (χ1n) is 8.95. The van der Waals surface area contributed by atoms with Gasteiger partial charge in [-0.2, -0.15) is 0 Å². The summed E-state index contributed by atoms with van der Waals surface area (Å²) in [5.41, 5.74) is 0.738. The van der Waals surface area contributed by atoms with Crippen molar-refractivity contribution in [1.29, 1.82) is 0 Å². The Kier molecular flexibility index (Phi) is 4.62. The molecule has 0 aliphatic carbocycles. The molecule has 2 aromatic carbocycles. The molecule has 2 amide bonds. The lowest BCUT2D eigenvalue weighted by Gasteiger charge is -2.22.